The standard InChI is InChI=1S/C15H13N3.2C2H6/c1-18(14-10-6-3-7-11-14)17-15(12-16)13-8-4-2-5-9-13;2*1-2/h2-11H,1H3;2*1-2H3/b17-15-;;. The van der Waals surface area contributed by atoms with E-state index < -0.39 is 0 Å². The highest BCUT2D eigenvalue weighted by Crippen LogP contribution is 2.12. The third-order valence-corrected chi connectivity index (χ3v) is 2.53. The molecule has 0 radical (unpaired) electrons. The Kier molecular flexibility index (Phi) is 10.7. The molecule has 0 aliphatic heterocycles. The van der Waals surface area contributed by atoms with Gasteiger partial charge in [0.25, 0.3) is 0 Å². The first-order valence-electron chi connectivity index (χ1n) is 7.64. The van der Waals surface area contributed by atoms with Crippen LogP contribution in [0.4, 0.5) is 5.69 Å². The first-order valence-corrected chi connectivity index (χ1v) is 7.64. The third-order valence-electron chi connectivity index (χ3n) is 2.53. The van der Waals surface area contributed by atoms with E-state index in [1.54, 1.807) is 5.01 Å². The molecular weight excluding hydrogens is 270 g/mol. The Morgan fingerprint density at radius 3 is 1.77 bits per heavy atom. The summed E-state index contributed by atoms with van der Waals surface area (Å²) in [5, 5.41) is 15.2. The maximum absolute atomic E-state index is 9.17. The molecule has 0 heterocycles. The molecule has 0 spiro atoms. The molecule has 0 fully saturated rings. The SMILES string of the molecule is CC.CC.CN(/N=C(/C#N)c1ccccc1)c1ccccc1. The summed E-state index contributed by atoms with van der Waals surface area (Å²) in [6.45, 7) is 8.00. The fraction of sp³-hybridized carbons (Fsp3) is 0.263. The average Bonchev–Trinajstić information content (AvgIpc) is 2.64. The number of nitriles is 1. The zero-order valence-electron chi connectivity index (χ0n) is 14.1. The largest absolute Gasteiger partial charge is 0.267 e. The molecule has 0 unspecified atom stereocenters. The fourth-order valence-corrected chi connectivity index (χ4v) is 1.59. The van der Waals surface area contributed by atoms with E-state index in [0.29, 0.717) is 5.71 Å². The van der Waals surface area contributed by atoms with Gasteiger partial charge in [0.05, 0.1) is 5.69 Å². The zero-order valence-corrected chi connectivity index (χ0v) is 14.1. The highest BCUT2D eigenvalue weighted by molar-refractivity contribution is 6.11. The van der Waals surface area contributed by atoms with Crippen LogP contribution in [-0.4, -0.2) is 12.8 Å². The predicted molar refractivity (Wildman–Crippen MR) is 96.1 cm³/mol. The van der Waals surface area contributed by atoms with Gasteiger partial charge < -0.3 is 0 Å². The minimum atomic E-state index is 0.405. The van der Waals surface area contributed by atoms with E-state index >= 15 is 0 Å². The number of anilines is 1. The van der Waals surface area contributed by atoms with Crippen molar-refractivity contribution in [1.82, 2.24) is 0 Å². The van der Waals surface area contributed by atoms with Crippen molar-refractivity contribution < 1.29 is 0 Å². The van der Waals surface area contributed by atoms with Crippen molar-refractivity contribution in [2.45, 2.75) is 27.7 Å². The highest BCUT2D eigenvalue weighted by Gasteiger charge is 2.04. The second-order valence-corrected chi connectivity index (χ2v) is 3.79. The Hall–Kier alpha value is -2.60. The number of hydrazone groups is 1. The summed E-state index contributed by atoms with van der Waals surface area (Å²) in [6, 6.07) is 21.3. The van der Waals surface area contributed by atoms with E-state index in [-0.39, 0.29) is 0 Å². The van der Waals surface area contributed by atoms with Crippen LogP contribution in [0.5, 0.6) is 0 Å². The van der Waals surface area contributed by atoms with Crippen LogP contribution in [0.3, 0.4) is 0 Å². The van der Waals surface area contributed by atoms with Crippen LogP contribution >= 0.6 is 0 Å². The van der Waals surface area contributed by atoms with Gasteiger partial charge >= 0.3 is 0 Å². The number of hydrogen-bond donors (Lipinski definition) is 0. The molecule has 2 aromatic carbocycles. The quantitative estimate of drug-likeness (QED) is 0.583. The lowest BCUT2D eigenvalue weighted by atomic mass is 10.1. The fourth-order valence-electron chi connectivity index (χ4n) is 1.59. The molecule has 0 amide bonds. The van der Waals surface area contributed by atoms with Crippen molar-refractivity contribution in [2.24, 2.45) is 5.10 Å². The molecule has 0 aliphatic rings. The van der Waals surface area contributed by atoms with Crippen molar-refractivity contribution in [3.05, 3.63) is 66.2 Å². The van der Waals surface area contributed by atoms with Gasteiger partial charge in [0.15, 0.2) is 5.71 Å². The van der Waals surface area contributed by atoms with Gasteiger partial charge in [-0.3, -0.25) is 5.01 Å². The molecule has 0 saturated carbocycles. The Morgan fingerprint density at radius 2 is 1.32 bits per heavy atom. The van der Waals surface area contributed by atoms with Crippen LogP contribution in [0.15, 0.2) is 65.8 Å². The summed E-state index contributed by atoms with van der Waals surface area (Å²) < 4.78 is 0. The Bertz CT molecular complexity index is 569. The van der Waals surface area contributed by atoms with Crippen LogP contribution < -0.4 is 5.01 Å². The molecule has 2 rings (SSSR count). The van der Waals surface area contributed by atoms with E-state index in [1.807, 2.05) is 95.4 Å². The molecule has 0 atom stereocenters. The Morgan fingerprint density at radius 1 is 0.864 bits per heavy atom. The van der Waals surface area contributed by atoms with Gasteiger partial charge in [-0.2, -0.15) is 10.4 Å². The van der Waals surface area contributed by atoms with Crippen LogP contribution in [0, 0.1) is 11.3 Å². The van der Waals surface area contributed by atoms with Gasteiger partial charge in [0.1, 0.15) is 6.07 Å². The Labute approximate surface area is 134 Å². The van der Waals surface area contributed by atoms with Crippen molar-refractivity contribution in [3.8, 4) is 6.07 Å². The second kappa shape index (κ2) is 12.2. The first-order chi connectivity index (χ1) is 10.8. The zero-order chi connectivity index (χ0) is 16.8. The van der Waals surface area contributed by atoms with E-state index in [2.05, 4.69) is 11.2 Å². The van der Waals surface area contributed by atoms with E-state index in [0.717, 1.165) is 11.3 Å². The normalized spacial score (nSPS) is 9.36. The molecular formula is C19H25N3. The summed E-state index contributed by atoms with van der Waals surface area (Å²) in [7, 11) is 1.83. The minimum Gasteiger partial charge on any atom is -0.267 e. The lowest BCUT2D eigenvalue weighted by Gasteiger charge is -2.13. The van der Waals surface area contributed by atoms with Gasteiger partial charge in [0.2, 0.25) is 0 Å². The maximum Gasteiger partial charge on any atom is 0.168 e. The van der Waals surface area contributed by atoms with Crippen molar-refractivity contribution >= 4 is 11.4 Å². The smallest absolute Gasteiger partial charge is 0.168 e. The van der Waals surface area contributed by atoms with Crippen molar-refractivity contribution in [3.63, 3.8) is 0 Å². The highest BCUT2D eigenvalue weighted by atomic mass is 15.4. The Balaban J connectivity index is 0.00000102. The monoisotopic (exact) mass is 295 g/mol. The lowest BCUT2D eigenvalue weighted by molar-refractivity contribution is 1.02. The molecule has 2 aromatic rings. The number of nitrogens with zero attached hydrogens (tertiary/aromatic N) is 3. The number of hydrogen-bond acceptors (Lipinski definition) is 3. The molecule has 0 bridgehead atoms. The third kappa shape index (κ3) is 6.23. The maximum atomic E-state index is 9.17. The lowest BCUT2D eigenvalue weighted by Crippen LogP contribution is -2.12. The molecule has 22 heavy (non-hydrogen) atoms. The average molecular weight is 295 g/mol. The molecule has 3 nitrogen and oxygen atoms in total. The van der Waals surface area contributed by atoms with E-state index in [1.165, 1.54) is 0 Å². The molecule has 0 aromatic heterocycles. The molecule has 3 heteroatoms. The van der Waals surface area contributed by atoms with Gasteiger partial charge in [-0.15, -0.1) is 0 Å². The number of para-hydroxylation sites is 1. The van der Waals surface area contributed by atoms with Crippen LogP contribution in [0.1, 0.15) is 33.3 Å². The summed E-state index contributed by atoms with van der Waals surface area (Å²) in [4.78, 5) is 0. The van der Waals surface area contributed by atoms with Gasteiger partial charge in [-0.25, -0.2) is 0 Å². The molecule has 0 N–H and O–H groups in total. The topological polar surface area (TPSA) is 39.4 Å². The number of benzene rings is 2. The van der Waals surface area contributed by atoms with Crippen LogP contribution in [0.2, 0.25) is 0 Å². The first kappa shape index (κ1) is 19.4. The van der Waals surface area contributed by atoms with Crippen LogP contribution in [-0.2, 0) is 0 Å². The predicted octanol–water partition coefficient (Wildman–Crippen LogP) is 5.10. The van der Waals surface area contributed by atoms with Gasteiger partial charge in [-0.1, -0.05) is 76.2 Å². The van der Waals surface area contributed by atoms with E-state index in [4.69, 9.17) is 5.26 Å². The molecule has 0 saturated heterocycles. The van der Waals surface area contributed by atoms with Gasteiger partial charge in [-0.05, 0) is 12.1 Å². The summed E-state index contributed by atoms with van der Waals surface area (Å²) in [5.41, 5.74) is 2.17. The molecule has 0 aliphatic carbocycles. The summed E-state index contributed by atoms with van der Waals surface area (Å²) in [6.07, 6.45) is 0. The number of rotatable bonds is 3. The van der Waals surface area contributed by atoms with Crippen LogP contribution in [0.25, 0.3) is 0 Å². The van der Waals surface area contributed by atoms with Crippen molar-refractivity contribution in [1.29, 1.82) is 5.26 Å². The van der Waals surface area contributed by atoms with Crippen molar-refractivity contribution in [2.75, 3.05) is 12.1 Å². The minimum absolute atomic E-state index is 0.405. The summed E-state index contributed by atoms with van der Waals surface area (Å²) in [5.74, 6) is 0. The van der Waals surface area contributed by atoms with Gasteiger partial charge in [0, 0.05) is 12.6 Å². The van der Waals surface area contributed by atoms with E-state index in [9.17, 15) is 0 Å². The summed E-state index contributed by atoms with van der Waals surface area (Å²) >= 11 is 0. The molecule has 116 valence electrons. The second-order valence-electron chi connectivity index (χ2n) is 3.79.